The normalized spacial score (nSPS) is 11.5. The molecule has 0 aliphatic carbocycles. The highest BCUT2D eigenvalue weighted by Gasteiger charge is 2.30. The van der Waals surface area contributed by atoms with Crippen LogP contribution in [0.4, 0.5) is 13.2 Å². The van der Waals surface area contributed by atoms with Crippen LogP contribution in [0.5, 0.6) is 0 Å². The Labute approximate surface area is 159 Å². The highest BCUT2D eigenvalue weighted by atomic mass is 32.1. The van der Waals surface area contributed by atoms with Crippen molar-refractivity contribution < 1.29 is 13.2 Å². The Morgan fingerprint density at radius 3 is 2.33 bits per heavy atom. The van der Waals surface area contributed by atoms with Gasteiger partial charge in [-0.3, -0.25) is 4.90 Å². The first-order valence-electron chi connectivity index (χ1n) is 8.21. The molecule has 0 bridgehead atoms. The molecule has 0 fully saturated rings. The van der Waals surface area contributed by atoms with Crippen LogP contribution in [0.2, 0.25) is 0 Å². The van der Waals surface area contributed by atoms with Crippen LogP contribution in [0.3, 0.4) is 0 Å². The van der Waals surface area contributed by atoms with Gasteiger partial charge in [-0.25, -0.2) is 4.98 Å². The van der Waals surface area contributed by atoms with Gasteiger partial charge < -0.3 is 0 Å². The number of alkyl halides is 3. The van der Waals surface area contributed by atoms with Crippen molar-refractivity contribution in [2.24, 2.45) is 0 Å². The molecule has 0 unspecified atom stereocenters. The van der Waals surface area contributed by atoms with Gasteiger partial charge in [0.2, 0.25) is 0 Å². The highest BCUT2D eigenvalue weighted by molar-refractivity contribution is 7.13. The number of benzene rings is 2. The summed E-state index contributed by atoms with van der Waals surface area (Å²) in [7, 11) is 0. The maximum absolute atomic E-state index is 12.7. The van der Waals surface area contributed by atoms with Gasteiger partial charge in [-0.1, -0.05) is 42.5 Å². The lowest BCUT2D eigenvalue weighted by Crippen LogP contribution is -2.23. The van der Waals surface area contributed by atoms with Crippen molar-refractivity contribution >= 4 is 11.3 Å². The van der Waals surface area contributed by atoms with E-state index < -0.39 is 11.7 Å². The van der Waals surface area contributed by atoms with E-state index in [9.17, 15) is 13.2 Å². The lowest BCUT2D eigenvalue weighted by molar-refractivity contribution is -0.137. The zero-order valence-electron chi connectivity index (χ0n) is 14.3. The topological polar surface area (TPSA) is 39.9 Å². The first-order chi connectivity index (χ1) is 13.0. The maximum Gasteiger partial charge on any atom is 0.416 e. The first-order valence-corrected chi connectivity index (χ1v) is 9.09. The number of nitriles is 1. The number of hydrogen-bond acceptors (Lipinski definition) is 4. The van der Waals surface area contributed by atoms with E-state index in [1.807, 2.05) is 40.6 Å². The molecule has 0 atom stereocenters. The number of rotatable bonds is 6. The summed E-state index contributed by atoms with van der Waals surface area (Å²) in [6, 6.07) is 17.0. The van der Waals surface area contributed by atoms with E-state index >= 15 is 0 Å². The van der Waals surface area contributed by atoms with Gasteiger partial charge in [0.15, 0.2) is 0 Å². The van der Waals surface area contributed by atoms with Crippen molar-refractivity contribution in [3.05, 3.63) is 76.8 Å². The number of thiazole rings is 1. The molecule has 0 aliphatic rings. The monoisotopic (exact) mass is 387 g/mol. The van der Waals surface area contributed by atoms with Gasteiger partial charge in [-0.15, -0.1) is 11.3 Å². The minimum absolute atomic E-state index is 0.266. The van der Waals surface area contributed by atoms with Crippen molar-refractivity contribution in [3.63, 3.8) is 0 Å². The quantitative estimate of drug-likeness (QED) is 0.535. The highest BCUT2D eigenvalue weighted by Crippen LogP contribution is 2.31. The third kappa shape index (κ3) is 5.16. The Morgan fingerprint density at radius 1 is 1.00 bits per heavy atom. The Hall–Kier alpha value is -2.69. The third-order valence-corrected chi connectivity index (χ3v) is 4.88. The molecule has 2 aromatic carbocycles. The van der Waals surface area contributed by atoms with Gasteiger partial charge in [0.25, 0.3) is 0 Å². The zero-order chi connectivity index (χ0) is 19.3. The maximum atomic E-state index is 12.7. The molecule has 0 N–H and O–H groups in total. The van der Waals surface area contributed by atoms with Crippen molar-refractivity contribution in [1.29, 1.82) is 5.26 Å². The minimum atomic E-state index is -4.35. The molecule has 7 heteroatoms. The zero-order valence-corrected chi connectivity index (χ0v) is 15.1. The van der Waals surface area contributed by atoms with E-state index in [0.717, 1.165) is 23.4 Å². The summed E-state index contributed by atoms with van der Waals surface area (Å²) < 4.78 is 38.0. The number of hydrogen-bond donors (Lipinski definition) is 0. The predicted molar refractivity (Wildman–Crippen MR) is 98.7 cm³/mol. The summed E-state index contributed by atoms with van der Waals surface area (Å²) >= 11 is 1.38. The molecule has 0 spiro atoms. The van der Waals surface area contributed by atoms with Gasteiger partial charge in [-0.05, 0) is 17.7 Å². The molecule has 0 saturated carbocycles. The fourth-order valence-electron chi connectivity index (χ4n) is 2.65. The molecule has 0 saturated heterocycles. The molecule has 0 amide bonds. The largest absolute Gasteiger partial charge is 0.416 e. The van der Waals surface area contributed by atoms with Crippen LogP contribution >= 0.6 is 11.3 Å². The molecule has 27 heavy (non-hydrogen) atoms. The molecule has 1 aromatic heterocycles. The third-order valence-electron chi connectivity index (χ3n) is 3.94. The fourth-order valence-corrected chi connectivity index (χ4v) is 3.47. The van der Waals surface area contributed by atoms with E-state index in [2.05, 4.69) is 11.1 Å². The van der Waals surface area contributed by atoms with Gasteiger partial charge >= 0.3 is 6.18 Å². The summed E-state index contributed by atoms with van der Waals surface area (Å²) in [5.41, 5.74) is 1.87. The van der Waals surface area contributed by atoms with Crippen LogP contribution < -0.4 is 0 Å². The molecular weight excluding hydrogens is 371 g/mol. The van der Waals surface area contributed by atoms with Crippen molar-refractivity contribution in [1.82, 2.24) is 9.88 Å². The summed E-state index contributed by atoms with van der Waals surface area (Å²) in [4.78, 5) is 6.50. The van der Waals surface area contributed by atoms with E-state index in [1.165, 1.54) is 23.5 Å². The van der Waals surface area contributed by atoms with Crippen LogP contribution in [0, 0.1) is 11.3 Å². The Kier molecular flexibility index (Phi) is 5.89. The molecule has 3 nitrogen and oxygen atoms in total. The van der Waals surface area contributed by atoms with Crippen molar-refractivity contribution in [3.8, 4) is 16.6 Å². The fraction of sp³-hybridized carbons (Fsp3) is 0.200. The summed E-state index contributed by atoms with van der Waals surface area (Å²) in [6.45, 7) is 1.39. The molecule has 3 aromatic rings. The molecule has 3 rings (SSSR count). The predicted octanol–water partition coefficient (Wildman–Crippen LogP) is 5.35. The first kappa shape index (κ1) is 19.1. The van der Waals surface area contributed by atoms with Gasteiger partial charge in [-0.2, -0.15) is 18.4 Å². The molecular formula is C20H16F3N3S. The molecule has 0 aliphatic heterocycles. The van der Waals surface area contributed by atoms with E-state index in [0.29, 0.717) is 23.7 Å². The van der Waals surface area contributed by atoms with Gasteiger partial charge in [0.1, 0.15) is 5.01 Å². The number of nitrogens with zero attached hydrogens (tertiary/aromatic N) is 3. The molecule has 0 radical (unpaired) electrons. The Morgan fingerprint density at radius 2 is 1.70 bits per heavy atom. The van der Waals surface area contributed by atoms with E-state index in [1.54, 1.807) is 0 Å². The van der Waals surface area contributed by atoms with Gasteiger partial charge in [0.05, 0.1) is 23.9 Å². The van der Waals surface area contributed by atoms with Crippen LogP contribution in [-0.2, 0) is 19.3 Å². The van der Waals surface area contributed by atoms with Crippen LogP contribution in [-0.4, -0.2) is 16.4 Å². The second-order valence-electron chi connectivity index (χ2n) is 6.01. The Bertz CT molecular complexity index is 912. The molecule has 138 valence electrons. The lowest BCUT2D eigenvalue weighted by Gasteiger charge is -2.17. The van der Waals surface area contributed by atoms with Crippen LogP contribution in [0.1, 0.15) is 16.8 Å². The smallest absolute Gasteiger partial charge is 0.280 e. The Balaban J connectivity index is 1.71. The van der Waals surface area contributed by atoms with E-state index in [4.69, 9.17) is 5.26 Å². The number of halogens is 3. The minimum Gasteiger partial charge on any atom is -0.280 e. The summed E-state index contributed by atoms with van der Waals surface area (Å²) in [5, 5.41) is 11.6. The second-order valence-corrected chi connectivity index (χ2v) is 6.87. The van der Waals surface area contributed by atoms with Gasteiger partial charge in [0, 0.05) is 24.0 Å². The summed E-state index contributed by atoms with van der Waals surface area (Å²) in [5.74, 6) is 0. The summed E-state index contributed by atoms with van der Waals surface area (Å²) in [6.07, 6.45) is -4.35. The average Bonchev–Trinajstić information content (AvgIpc) is 3.11. The molecule has 1 heterocycles. The van der Waals surface area contributed by atoms with Crippen LogP contribution in [0.25, 0.3) is 10.6 Å². The van der Waals surface area contributed by atoms with E-state index in [-0.39, 0.29) is 6.54 Å². The average molecular weight is 387 g/mol. The van der Waals surface area contributed by atoms with Crippen molar-refractivity contribution in [2.75, 3.05) is 6.54 Å². The SMILES string of the molecule is N#CCN(Cc1ccccc1)Cc1csc(-c2ccc(C(F)(F)F)cc2)n1. The van der Waals surface area contributed by atoms with Crippen LogP contribution in [0.15, 0.2) is 60.0 Å². The van der Waals surface area contributed by atoms with Crippen molar-refractivity contribution in [2.45, 2.75) is 19.3 Å². The lowest BCUT2D eigenvalue weighted by atomic mass is 10.1. The standard InChI is InChI=1S/C20H16F3N3S/c21-20(22,23)17-8-6-16(7-9-17)19-25-18(14-27-19)13-26(11-10-24)12-15-4-2-1-3-5-15/h1-9,14H,11-13H2. The number of aromatic nitrogens is 1. The second kappa shape index (κ2) is 8.33.